The Morgan fingerprint density at radius 2 is 1.65 bits per heavy atom. The van der Waals surface area contributed by atoms with Gasteiger partial charge in [0.25, 0.3) is 11.6 Å². The number of nitrogens with one attached hydrogen (secondary N) is 1. The molecule has 0 saturated carbocycles. The van der Waals surface area contributed by atoms with E-state index in [-0.39, 0.29) is 22.2 Å². The number of rotatable bonds is 6. The number of amides is 1. The molecule has 1 aliphatic heterocycles. The summed E-state index contributed by atoms with van der Waals surface area (Å²) in [6.07, 6.45) is 1.65. The highest BCUT2D eigenvalue weighted by molar-refractivity contribution is 9.10. The van der Waals surface area contributed by atoms with Crippen LogP contribution >= 0.6 is 27.7 Å². The van der Waals surface area contributed by atoms with Gasteiger partial charge in [-0.05, 0) is 71.9 Å². The van der Waals surface area contributed by atoms with Crippen LogP contribution in [0.1, 0.15) is 5.56 Å². The van der Waals surface area contributed by atoms with Crippen molar-refractivity contribution in [2.45, 2.75) is 4.90 Å². The van der Waals surface area contributed by atoms with Crippen LogP contribution in [0.4, 0.5) is 11.4 Å². The minimum atomic E-state index is -4.16. The zero-order valence-electron chi connectivity index (χ0n) is 17.0. The molecule has 1 amide bonds. The number of aliphatic imine (C=N–C) groups is 1. The van der Waals surface area contributed by atoms with E-state index in [1.165, 1.54) is 23.9 Å². The number of carbonyl (C=O) groups is 1. The molecule has 9 nitrogen and oxygen atoms in total. The molecule has 12 heteroatoms. The zero-order valence-corrected chi connectivity index (χ0v) is 20.3. The summed E-state index contributed by atoms with van der Waals surface area (Å²) in [4.78, 5) is 27.0. The van der Waals surface area contributed by atoms with Crippen LogP contribution in [0.3, 0.4) is 0 Å². The molecule has 0 atom stereocenters. The Kier molecular flexibility index (Phi) is 6.82. The zero-order chi connectivity index (χ0) is 24.3. The molecule has 4 rings (SSSR count). The van der Waals surface area contributed by atoms with Crippen LogP contribution in [0.25, 0.3) is 6.08 Å². The van der Waals surface area contributed by atoms with Gasteiger partial charge in [-0.3, -0.25) is 14.9 Å². The molecule has 0 aliphatic carbocycles. The molecular formula is C22H14BrN3O6S2. The topological polar surface area (TPSA) is 128 Å². The maximum atomic E-state index is 12.4. The first-order valence-electron chi connectivity index (χ1n) is 9.54. The number of nitro groups is 1. The number of non-ortho nitro benzene ring substituents is 1. The predicted molar refractivity (Wildman–Crippen MR) is 132 cm³/mol. The van der Waals surface area contributed by atoms with Gasteiger partial charge in [0.05, 0.1) is 15.5 Å². The van der Waals surface area contributed by atoms with E-state index in [0.29, 0.717) is 21.3 Å². The van der Waals surface area contributed by atoms with Gasteiger partial charge in [-0.15, -0.1) is 0 Å². The second kappa shape index (κ2) is 9.79. The minimum Gasteiger partial charge on any atom is -0.379 e. The molecule has 1 fully saturated rings. The fourth-order valence-corrected chi connectivity index (χ4v) is 4.83. The lowest BCUT2D eigenvalue weighted by Gasteiger charge is -2.07. The minimum absolute atomic E-state index is 0.0570. The van der Waals surface area contributed by atoms with Crippen LogP contribution in [-0.2, 0) is 14.9 Å². The Morgan fingerprint density at radius 1 is 1.00 bits per heavy atom. The summed E-state index contributed by atoms with van der Waals surface area (Å²) in [6, 6.07) is 17.8. The molecule has 172 valence electrons. The van der Waals surface area contributed by atoms with E-state index in [1.54, 1.807) is 18.2 Å². The van der Waals surface area contributed by atoms with E-state index in [0.717, 1.165) is 28.7 Å². The average Bonchev–Trinajstić information content (AvgIpc) is 3.15. The summed E-state index contributed by atoms with van der Waals surface area (Å²) >= 11 is 4.55. The van der Waals surface area contributed by atoms with Crippen molar-refractivity contribution in [2.24, 2.45) is 4.99 Å². The molecule has 3 aromatic rings. The highest BCUT2D eigenvalue weighted by Gasteiger charge is 2.24. The molecule has 0 bridgehead atoms. The second-order valence-corrected chi connectivity index (χ2v) is 10.3. The molecule has 0 spiro atoms. The lowest BCUT2D eigenvalue weighted by molar-refractivity contribution is -0.384. The average molecular weight is 560 g/mol. The van der Waals surface area contributed by atoms with Gasteiger partial charge in [0, 0.05) is 16.6 Å². The number of nitrogens with zero attached hydrogens (tertiary/aromatic N) is 2. The molecule has 0 radical (unpaired) electrons. The van der Waals surface area contributed by atoms with Crippen molar-refractivity contribution in [3.8, 4) is 5.75 Å². The van der Waals surface area contributed by atoms with Crippen LogP contribution < -0.4 is 9.50 Å². The molecule has 1 aliphatic rings. The molecule has 0 unspecified atom stereocenters. The van der Waals surface area contributed by atoms with E-state index in [4.69, 9.17) is 4.18 Å². The van der Waals surface area contributed by atoms with Crippen molar-refractivity contribution >= 4 is 66.3 Å². The fourth-order valence-electron chi connectivity index (χ4n) is 2.79. The number of hydrogen-bond donors (Lipinski definition) is 1. The first-order chi connectivity index (χ1) is 16.2. The fraction of sp³-hybridized carbons (Fsp3) is 0. The van der Waals surface area contributed by atoms with E-state index >= 15 is 0 Å². The van der Waals surface area contributed by atoms with Crippen molar-refractivity contribution < 1.29 is 22.3 Å². The van der Waals surface area contributed by atoms with E-state index in [9.17, 15) is 23.3 Å². The van der Waals surface area contributed by atoms with Crippen LogP contribution in [0.2, 0.25) is 0 Å². The first kappa shape index (κ1) is 23.7. The van der Waals surface area contributed by atoms with E-state index in [1.807, 2.05) is 24.3 Å². The molecule has 1 heterocycles. The lowest BCUT2D eigenvalue weighted by Crippen LogP contribution is -2.19. The largest absolute Gasteiger partial charge is 0.379 e. The summed E-state index contributed by atoms with van der Waals surface area (Å²) in [5.74, 6) is -0.233. The van der Waals surface area contributed by atoms with Gasteiger partial charge in [0.2, 0.25) is 0 Å². The SMILES string of the molecule is O=C1NC(=Nc2ccc(Br)cc2)S/C1=C/c1ccc(OS(=O)(=O)c2ccc([N+](=O)[O-])cc2)cc1. The molecule has 34 heavy (non-hydrogen) atoms. The number of nitro benzene ring substituents is 1. The summed E-state index contributed by atoms with van der Waals surface area (Å²) in [5, 5.41) is 13.9. The molecule has 0 aromatic heterocycles. The van der Waals surface area contributed by atoms with Crippen molar-refractivity contribution in [3.63, 3.8) is 0 Å². The summed E-state index contributed by atoms with van der Waals surface area (Å²) < 4.78 is 30.9. The highest BCUT2D eigenvalue weighted by Crippen LogP contribution is 2.29. The Labute approximate surface area is 207 Å². The lowest BCUT2D eigenvalue weighted by atomic mass is 10.2. The predicted octanol–water partition coefficient (Wildman–Crippen LogP) is 5.02. The molecule has 1 saturated heterocycles. The van der Waals surface area contributed by atoms with E-state index < -0.39 is 15.0 Å². The van der Waals surface area contributed by atoms with Crippen molar-refractivity contribution in [1.29, 1.82) is 0 Å². The van der Waals surface area contributed by atoms with Gasteiger partial charge in [-0.2, -0.15) is 8.42 Å². The van der Waals surface area contributed by atoms with Gasteiger partial charge < -0.3 is 9.50 Å². The van der Waals surface area contributed by atoms with Crippen LogP contribution in [0, 0.1) is 10.1 Å². The Morgan fingerprint density at radius 3 is 2.26 bits per heavy atom. The summed E-state index contributed by atoms with van der Waals surface area (Å²) in [5.41, 5.74) is 1.13. The number of halogens is 1. The summed E-state index contributed by atoms with van der Waals surface area (Å²) in [7, 11) is -4.16. The molecule has 1 N–H and O–H groups in total. The second-order valence-electron chi connectivity index (χ2n) is 6.82. The normalized spacial score (nSPS) is 16.0. The van der Waals surface area contributed by atoms with Gasteiger partial charge in [-0.1, -0.05) is 28.1 Å². The van der Waals surface area contributed by atoms with Gasteiger partial charge in [0.15, 0.2) is 5.17 Å². The van der Waals surface area contributed by atoms with Crippen molar-refractivity contribution in [1.82, 2.24) is 5.32 Å². The number of carbonyl (C=O) groups excluding carboxylic acids is 1. The first-order valence-corrected chi connectivity index (χ1v) is 12.6. The Hall–Kier alpha value is -3.48. The number of amidine groups is 1. The third kappa shape index (κ3) is 5.71. The third-order valence-corrected chi connectivity index (χ3v) is 7.13. The van der Waals surface area contributed by atoms with Crippen LogP contribution in [0.5, 0.6) is 5.75 Å². The number of benzene rings is 3. The maximum absolute atomic E-state index is 12.4. The van der Waals surface area contributed by atoms with Gasteiger partial charge >= 0.3 is 10.1 Å². The monoisotopic (exact) mass is 559 g/mol. The van der Waals surface area contributed by atoms with Crippen molar-refractivity contribution in [2.75, 3.05) is 0 Å². The standard InChI is InChI=1S/C22H14BrN3O6S2/c23-15-3-5-16(6-4-15)24-22-25-21(27)20(33-22)13-14-1-9-18(10-2-14)32-34(30,31)19-11-7-17(8-12-19)26(28)29/h1-13H,(H,24,25,27)/b20-13+. The summed E-state index contributed by atoms with van der Waals surface area (Å²) in [6.45, 7) is 0. The number of thioether (sulfide) groups is 1. The highest BCUT2D eigenvalue weighted by atomic mass is 79.9. The molecule has 3 aromatic carbocycles. The van der Waals surface area contributed by atoms with E-state index in [2.05, 4.69) is 26.2 Å². The third-order valence-electron chi connectivity index (χ3n) is 4.43. The maximum Gasteiger partial charge on any atom is 0.339 e. The Bertz CT molecular complexity index is 1420. The Balaban J connectivity index is 1.45. The van der Waals surface area contributed by atoms with Gasteiger partial charge in [0.1, 0.15) is 10.6 Å². The number of hydrogen-bond acceptors (Lipinski definition) is 8. The van der Waals surface area contributed by atoms with Gasteiger partial charge in [-0.25, -0.2) is 4.99 Å². The quantitative estimate of drug-likeness (QED) is 0.194. The van der Waals surface area contributed by atoms with Crippen LogP contribution in [0.15, 0.2) is 92.1 Å². The van der Waals surface area contributed by atoms with Crippen LogP contribution in [-0.4, -0.2) is 24.4 Å². The smallest absolute Gasteiger partial charge is 0.339 e. The molecular weight excluding hydrogens is 546 g/mol. The van der Waals surface area contributed by atoms with Crippen molar-refractivity contribution in [3.05, 3.63) is 97.9 Å².